The van der Waals surface area contributed by atoms with Crippen LogP contribution in [0.1, 0.15) is 40.5 Å². The zero-order valence-corrected chi connectivity index (χ0v) is 10.3. The molecule has 1 atom stereocenters. The van der Waals surface area contributed by atoms with Crippen LogP contribution >= 0.6 is 0 Å². The molecule has 0 fully saturated rings. The van der Waals surface area contributed by atoms with Gasteiger partial charge in [0.25, 0.3) is 0 Å². The van der Waals surface area contributed by atoms with Gasteiger partial charge >= 0.3 is 0 Å². The first-order chi connectivity index (χ1) is 6.64. The highest BCUT2D eigenvalue weighted by Crippen LogP contribution is 2.18. The molecule has 3 heteroatoms. The molecule has 0 spiro atoms. The molecule has 0 aliphatic heterocycles. The number of methoxy groups -OCH3 is 1. The molecule has 0 bridgehead atoms. The van der Waals surface area contributed by atoms with Crippen LogP contribution in [0, 0.1) is 0 Å². The van der Waals surface area contributed by atoms with Crippen molar-refractivity contribution in [3.63, 3.8) is 0 Å². The molecule has 0 saturated carbocycles. The van der Waals surface area contributed by atoms with Crippen molar-refractivity contribution in [1.82, 2.24) is 4.90 Å². The van der Waals surface area contributed by atoms with Gasteiger partial charge in [0.15, 0.2) is 0 Å². The fraction of sp³-hybridized carbons (Fsp3) is 1.00. The highest BCUT2D eigenvalue weighted by molar-refractivity contribution is 4.66. The van der Waals surface area contributed by atoms with E-state index in [1.54, 1.807) is 7.11 Å². The topological polar surface area (TPSA) is 21.7 Å². The van der Waals surface area contributed by atoms with Crippen LogP contribution in [0.4, 0.5) is 0 Å². The van der Waals surface area contributed by atoms with Gasteiger partial charge in [0, 0.05) is 33.7 Å². The van der Waals surface area contributed by atoms with Crippen LogP contribution in [0.3, 0.4) is 0 Å². The Bertz CT molecular complexity index is 135. The van der Waals surface area contributed by atoms with Crippen molar-refractivity contribution in [2.24, 2.45) is 0 Å². The average molecular weight is 203 g/mol. The number of hydrogen-bond acceptors (Lipinski definition) is 3. The Labute approximate surface area is 88.4 Å². The van der Waals surface area contributed by atoms with Gasteiger partial charge in [0.2, 0.25) is 5.91 Å². The lowest BCUT2D eigenvalue weighted by molar-refractivity contribution is -0.294. The molecule has 0 aromatic rings. The molecule has 14 heavy (non-hydrogen) atoms. The predicted octanol–water partition coefficient (Wildman–Crippen LogP) is 2.47. The van der Waals surface area contributed by atoms with E-state index in [0.29, 0.717) is 6.61 Å². The second-order valence-corrected chi connectivity index (χ2v) is 3.52. The normalized spacial score (nSPS) is 15.9. The van der Waals surface area contributed by atoms with Gasteiger partial charge in [-0.1, -0.05) is 13.8 Å². The summed E-state index contributed by atoms with van der Waals surface area (Å²) in [5.74, 6) is -0.555. The molecule has 0 aromatic heterocycles. The van der Waals surface area contributed by atoms with Crippen LogP contribution in [0.5, 0.6) is 0 Å². The van der Waals surface area contributed by atoms with E-state index in [0.717, 1.165) is 25.9 Å². The first-order valence-electron chi connectivity index (χ1n) is 5.58. The molecule has 0 saturated heterocycles. The molecular formula is C11H25NO2. The lowest BCUT2D eigenvalue weighted by atomic mass is 10.3. The Kier molecular flexibility index (Phi) is 7.15. The molecule has 1 unspecified atom stereocenters. The Morgan fingerprint density at radius 1 is 1.07 bits per heavy atom. The van der Waals surface area contributed by atoms with Crippen molar-refractivity contribution < 1.29 is 9.47 Å². The van der Waals surface area contributed by atoms with Crippen molar-refractivity contribution in [2.75, 3.05) is 26.8 Å². The van der Waals surface area contributed by atoms with E-state index in [4.69, 9.17) is 9.47 Å². The van der Waals surface area contributed by atoms with Gasteiger partial charge in [-0.05, 0) is 19.8 Å². The largest absolute Gasteiger partial charge is 0.341 e. The first-order valence-corrected chi connectivity index (χ1v) is 5.58. The smallest absolute Gasteiger partial charge is 0.226 e. The monoisotopic (exact) mass is 203 g/mol. The lowest BCUT2D eigenvalue weighted by Gasteiger charge is -2.39. The summed E-state index contributed by atoms with van der Waals surface area (Å²) in [5.41, 5.74) is 0. The van der Waals surface area contributed by atoms with E-state index in [9.17, 15) is 0 Å². The summed E-state index contributed by atoms with van der Waals surface area (Å²) in [6.45, 7) is 11.0. The highest BCUT2D eigenvalue weighted by Gasteiger charge is 2.30. The van der Waals surface area contributed by atoms with E-state index in [1.807, 2.05) is 13.8 Å². The van der Waals surface area contributed by atoms with E-state index < -0.39 is 5.91 Å². The molecule has 0 N–H and O–H groups in total. The molecule has 0 rings (SSSR count). The van der Waals surface area contributed by atoms with Crippen LogP contribution in [0.25, 0.3) is 0 Å². The minimum Gasteiger partial charge on any atom is -0.341 e. The summed E-state index contributed by atoms with van der Waals surface area (Å²) in [7, 11) is 1.70. The minimum absolute atomic E-state index is 0.555. The molecule has 0 aliphatic rings. The molecule has 0 amide bonds. The van der Waals surface area contributed by atoms with Crippen LogP contribution in [0.15, 0.2) is 0 Å². The van der Waals surface area contributed by atoms with Crippen molar-refractivity contribution >= 4 is 0 Å². The summed E-state index contributed by atoms with van der Waals surface area (Å²) < 4.78 is 11.1. The Morgan fingerprint density at radius 2 is 1.57 bits per heavy atom. The summed E-state index contributed by atoms with van der Waals surface area (Å²) in [4.78, 5) is 2.25. The molecule has 0 aromatic carbocycles. The maximum Gasteiger partial charge on any atom is 0.226 e. The Balaban J connectivity index is 4.37. The standard InChI is InChI=1S/C11H25NO2/c1-6-9-12(10-7-2)11(4,13-5)14-8-3/h6-10H2,1-5H3. The van der Waals surface area contributed by atoms with Gasteiger partial charge in [-0.2, -0.15) is 0 Å². The average Bonchev–Trinajstić information content (AvgIpc) is 2.18. The van der Waals surface area contributed by atoms with E-state index >= 15 is 0 Å². The van der Waals surface area contributed by atoms with Crippen molar-refractivity contribution in [3.8, 4) is 0 Å². The van der Waals surface area contributed by atoms with Gasteiger partial charge in [0.1, 0.15) is 0 Å². The van der Waals surface area contributed by atoms with E-state index in [1.165, 1.54) is 0 Å². The predicted molar refractivity (Wildman–Crippen MR) is 59.2 cm³/mol. The lowest BCUT2D eigenvalue weighted by Crippen LogP contribution is -2.50. The first kappa shape index (κ1) is 13.9. The summed E-state index contributed by atoms with van der Waals surface area (Å²) in [6, 6.07) is 0. The minimum atomic E-state index is -0.555. The fourth-order valence-electron chi connectivity index (χ4n) is 1.60. The van der Waals surface area contributed by atoms with Crippen LogP contribution in [-0.2, 0) is 9.47 Å². The second kappa shape index (κ2) is 7.21. The maximum atomic E-state index is 5.65. The molecular weight excluding hydrogens is 178 g/mol. The van der Waals surface area contributed by atoms with Gasteiger partial charge in [-0.15, -0.1) is 0 Å². The van der Waals surface area contributed by atoms with Gasteiger partial charge < -0.3 is 9.47 Å². The third kappa shape index (κ3) is 3.95. The van der Waals surface area contributed by atoms with E-state index in [2.05, 4.69) is 18.7 Å². The van der Waals surface area contributed by atoms with Crippen molar-refractivity contribution in [3.05, 3.63) is 0 Å². The van der Waals surface area contributed by atoms with Crippen molar-refractivity contribution in [1.29, 1.82) is 0 Å². The SMILES string of the molecule is CCCN(CCC)C(C)(OC)OCC. The molecule has 0 radical (unpaired) electrons. The zero-order chi connectivity index (χ0) is 11.0. The number of ether oxygens (including phenoxy) is 2. The Hall–Kier alpha value is -0.120. The van der Waals surface area contributed by atoms with Gasteiger partial charge in [-0.25, -0.2) is 0 Å². The second-order valence-electron chi connectivity index (χ2n) is 3.52. The van der Waals surface area contributed by atoms with Crippen molar-refractivity contribution in [2.45, 2.75) is 46.4 Å². The zero-order valence-electron chi connectivity index (χ0n) is 10.3. The van der Waals surface area contributed by atoms with E-state index in [-0.39, 0.29) is 0 Å². The molecule has 0 aliphatic carbocycles. The fourth-order valence-corrected chi connectivity index (χ4v) is 1.60. The number of rotatable bonds is 8. The van der Waals surface area contributed by atoms with Crippen LogP contribution in [0.2, 0.25) is 0 Å². The van der Waals surface area contributed by atoms with Crippen LogP contribution in [-0.4, -0.2) is 37.6 Å². The molecule has 0 heterocycles. The summed E-state index contributed by atoms with van der Waals surface area (Å²) >= 11 is 0. The van der Waals surface area contributed by atoms with Gasteiger partial charge in [-0.3, -0.25) is 4.90 Å². The third-order valence-electron chi connectivity index (χ3n) is 2.35. The summed E-state index contributed by atoms with van der Waals surface area (Å²) in [5, 5.41) is 0. The van der Waals surface area contributed by atoms with Gasteiger partial charge in [0.05, 0.1) is 0 Å². The quantitative estimate of drug-likeness (QED) is 0.566. The maximum absolute atomic E-state index is 5.65. The Morgan fingerprint density at radius 3 is 1.86 bits per heavy atom. The van der Waals surface area contributed by atoms with Crippen LogP contribution < -0.4 is 0 Å². The highest BCUT2D eigenvalue weighted by atomic mass is 16.7. The number of nitrogens with zero attached hydrogens (tertiary/aromatic N) is 1. The summed E-state index contributed by atoms with van der Waals surface area (Å²) in [6.07, 6.45) is 2.23. The molecule has 3 nitrogen and oxygen atoms in total. The molecule has 86 valence electrons. The number of hydrogen-bond donors (Lipinski definition) is 0. The third-order valence-corrected chi connectivity index (χ3v) is 2.35.